The third kappa shape index (κ3) is 5.86. The molecule has 0 spiro atoms. The molecular weight excluding hydrogens is 442 g/mol. The number of amides is 1. The summed E-state index contributed by atoms with van der Waals surface area (Å²) < 4.78 is 24.0. The average molecular weight is 466 g/mol. The maximum Gasteiger partial charge on any atom is 0.227 e. The van der Waals surface area contributed by atoms with E-state index < -0.39 is 9.84 Å². The number of rotatable bonds is 5. The van der Waals surface area contributed by atoms with E-state index in [1.165, 1.54) is 6.26 Å². The van der Waals surface area contributed by atoms with E-state index in [0.29, 0.717) is 17.9 Å². The number of carbonyl (C=O) groups excluding carboxylic acids is 1. The number of carbonyl (C=O) groups is 1. The lowest BCUT2D eigenvalue weighted by Crippen LogP contribution is -2.36. The Morgan fingerprint density at radius 2 is 1.82 bits per heavy atom. The molecule has 3 rings (SSSR count). The molecule has 1 aliphatic heterocycles. The van der Waals surface area contributed by atoms with Crippen molar-refractivity contribution in [3.8, 4) is 0 Å². The highest BCUT2D eigenvalue weighted by Crippen LogP contribution is 2.15. The zero-order valence-electron chi connectivity index (χ0n) is 15.8. The largest absolute Gasteiger partial charge is 0.341 e. The third-order valence-electron chi connectivity index (χ3n) is 4.82. The first kappa shape index (κ1) is 21.0. The first-order valence-electron chi connectivity index (χ1n) is 9.20. The molecule has 1 fully saturated rings. The van der Waals surface area contributed by atoms with Crippen molar-refractivity contribution < 1.29 is 13.2 Å². The van der Waals surface area contributed by atoms with Gasteiger partial charge in [-0.3, -0.25) is 14.7 Å². The second kappa shape index (κ2) is 9.15. The highest BCUT2D eigenvalue weighted by Gasteiger charge is 2.19. The molecule has 1 saturated heterocycles. The minimum Gasteiger partial charge on any atom is -0.341 e. The summed E-state index contributed by atoms with van der Waals surface area (Å²) in [6.07, 6.45) is 5.93. The quantitative estimate of drug-likeness (QED) is 0.678. The van der Waals surface area contributed by atoms with Crippen LogP contribution in [0.25, 0.3) is 0 Å². The van der Waals surface area contributed by atoms with Gasteiger partial charge in [-0.1, -0.05) is 12.1 Å². The minimum absolute atomic E-state index is 0.124. The van der Waals surface area contributed by atoms with Crippen LogP contribution in [0.2, 0.25) is 0 Å². The van der Waals surface area contributed by atoms with E-state index in [4.69, 9.17) is 0 Å². The predicted octanol–water partition coefficient (Wildman–Crippen LogP) is 2.52. The number of sulfone groups is 1. The molecular formula is C20H24BrN3O3S. The van der Waals surface area contributed by atoms with Crippen LogP contribution in [0.5, 0.6) is 0 Å². The lowest BCUT2D eigenvalue weighted by molar-refractivity contribution is -0.130. The summed E-state index contributed by atoms with van der Waals surface area (Å²) in [6.45, 7) is 3.92. The van der Waals surface area contributed by atoms with E-state index in [1.54, 1.807) is 24.5 Å². The summed E-state index contributed by atoms with van der Waals surface area (Å²) in [5, 5.41) is 0. The number of hydrogen-bond donors (Lipinski definition) is 0. The van der Waals surface area contributed by atoms with Crippen LogP contribution in [-0.2, 0) is 27.6 Å². The van der Waals surface area contributed by atoms with E-state index in [1.807, 2.05) is 23.1 Å². The number of benzene rings is 1. The molecule has 0 bridgehead atoms. The zero-order valence-corrected chi connectivity index (χ0v) is 18.2. The van der Waals surface area contributed by atoms with Gasteiger partial charge in [0.05, 0.1) is 11.3 Å². The summed E-state index contributed by atoms with van der Waals surface area (Å²) in [4.78, 5) is 21.3. The molecule has 1 aromatic carbocycles. The van der Waals surface area contributed by atoms with Crippen LogP contribution in [0.3, 0.4) is 0 Å². The first-order chi connectivity index (χ1) is 13.3. The van der Waals surface area contributed by atoms with E-state index in [-0.39, 0.29) is 5.91 Å². The fourth-order valence-corrected chi connectivity index (χ4v) is 4.36. The maximum atomic E-state index is 12.6. The van der Waals surface area contributed by atoms with Gasteiger partial charge in [0.25, 0.3) is 0 Å². The van der Waals surface area contributed by atoms with Gasteiger partial charge in [0.15, 0.2) is 9.84 Å². The highest BCUT2D eigenvalue weighted by atomic mass is 79.9. The summed E-state index contributed by atoms with van der Waals surface area (Å²) in [5.41, 5.74) is 1.99. The molecule has 2 heterocycles. The van der Waals surface area contributed by atoms with Gasteiger partial charge in [-0.05, 0) is 51.7 Å². The van der Waals surface area contributed by atoms with E-state index >= 15 is 0 Å². The van der Waals surface area contributed by atoms with Crippen molar-refractivity contribution in [1.82, 2.24) is 14.8 Å². The van der Waals surface area contributed by atoms with Gasteiger partial charge in [-0.25, -0.2) is 8.42 Å². The fraction of sp³-hybridized carbons (Fsp3) is 0.400. The standard InChI is InChI=1S/C20H24BrN3O3S/c1-28(26,27)19-5-3-16(4-6-19)15-23-7-2-8-24(10-9-23)20(25)12-17-11-18(21)14-22-13-17/h3-6,11,13-14H,2,7-10,12,15H2,1H3. The molecule has 0 aliphatic carbocycles. The van der Waals surface area contributed by atoms with Gasteiger partial charge in [0.1, 0.15) is 0 Å². The topological polar surface area (TPSA) is 70.6 Å². The normalized spacial score (nSPS) is 16.0. The number of hydrogen-bond acceptors (Lipinski definition) is 5. The first-order valence-corrected chi connectivity index (χ1v) is 11.9. The molecule has 2 aromatic rings. The summed E-state index contributed by atoms with van der Waals surface area (Å²) in [6, 6.07) is 8.97. The van der Waals surface area contributed by atoms with Crippen molar-refractivity contribution in [3.05, 3.63) is 58.3 Å². The Morgan fingerprint density at radius 1 is 1.07 bits per heavy atom. The molecule has 28 heavy (non-hydrogen) atoms. The Kier molecular flexibility index (Phi) is 6.85. The van der Waals surface area contributed by atoms with Crippen LogP contribution in [0.1, 0.15) is 17.5 Å². The Balaban J connectivity index is 1.55. The maximum absolute atomic E-state index is 12.6. The van der Waals surface area contributed by atoms with E-state index in [0.717, 1.165) is 48.2 Å². The SMILES string of the molecule is CS(=O)(=O)c1ccc(CN2CCCN(C(=O)Cc3cncc(Br)c3)CC2)cc1. The van der Waals surface area contributed by atoms with Crippen LogP contribution >= 0.6 is 15.9 Å². The number of halogens is 1. The van der Waals surface area contributed by atoms with Gasteiger partial charge >= 0.3 is 0 Å². The minimum atomic E-state index is -3.17. The lowest BCUT2D eigenvalue weighted by Gasteiger charge is -2.22. The van der Waals surface area contributed by atoms with Gasteiger partial charge in [0, 0.05) is 55.8 Å². The summed E-state index contributed by atoms with van der Waals surface area (Å²) in [5.74, 6) is 0.124. The van der Waals surface area contributed by atoms with Crippen molar-refractivity contribution in [3.63, 3.8) is 0 Å². The number of pyridine rings is 1. The summed E-state index contributed by atoms with van der Waals surface area (Å²) in [7, 11) is -3.17. The van der Waals surface area contributed by atoms with Crippen molar-refractivity contribution in [1.29, 1.82) is 0 Å². The molecule has 0 N–H and O–H groups in total. The highest BCUT2D eigenvalue weighted by molar-refractivity contribution is 9.10. The van der Waals surface area contributed by atoms with Gasteiger partial charge in [-0.2, -0.15) is 0 Å². The van der Waals surface area contributed by atoms with Crippen molar-refractivity contribution >= 4 is 31.7 Å². The molecule has 1 aromatic heterocycles. The average Bonchev–Trinajstić information content (AvgIpc) is 2.87. The molecule has 8 heteroatoms. The predicted molar refractivity (Wildman–Crippen MR) is 112 cm³/mol. The zero-order chi connectivity index (χ0) is 20.1. The molecule has 0 unspecified atom stereocenters. The van der Waals surface area contributed by atoms with Crippen molar-refractivity contribution in [2.75, 3.05) is 32.4 Å². The molecule has 1 amide bonds. The van der Waals surface area contributed by atoms with Crippen LogP contribution < -0.4 is 0 Å². The van der Waals surface area contributed by atoms with Gasteiger partial charge in [-0.15, -0.1) is 0 Å². The van der Waals surface area contributed by atoms with Crippen LogP contribution in [-0.4, -0.2) is 61.5 Å². The molecule has 6 nitrogen and oxygen atoms in total. The molecule has 0 radical (unpaired) electrons. The molecule has 0 saturated carbocycles. The Labute approximate surface area is 174 Å². The fourth-order valence-electron chi connectivity index (χ4n) is 3.32. The van der Waals surface area contributed by atoms with E-state index in [9.17, 15) is 13.2 Å². The van der Waals surface area contributed by atoms with Gasteiger partial charge in [0.2, 0.25) is 5.91 Å². The lowest BCUT2D eigenvalue weighted by atomic mass is 10.2. The van der Waals surface area contributed by atoms with Gasteiger partial charge < -0.3 is 4.90 Å². The molecule has 150 valence electrons. The molecule has 0 atom stereocenters. The van der Waals surface area contributed by atoms with Crippen LogP contribution in [0.15, 0.2) is 52.1 Å². The Hall–Kier alpha value is -1.77. The molecule has 1 aliphatic rings. The Bertz CT molecular complexity index is 932. The van der Waals surface area contributed by atoms with Crippen LogP contribution in [0, 0.1) is 0 Å². The number of aromatic nitrogens is 1. The second-order valence-electron chi connectivity index (χ2n) is 7.11. The van der Waals surface area contributed by atoms with E-state index in [2.05, 4.69) is 25.8 Å². The Morgan fingerprint density at radius 3 is 2.50 bits per heavy atom. The smallest absolute Gasteiger partial charge is 0.227 e. The van der Waals surface area contributed by atoms with Crippen molar-refractivity contribution in [2.45, 2.75) is 24.3 Å². The second-order valence-corrected chi connectivity index (χ2v) is 10.0. The van der Waals surface area contributed by atoms with Crippen molar-refractivity contribution in [2.24, 2.45) is 0 Å². The van der Waals surface area contributed by atoms with Crippen LogP contribution in [0.4, 0.5) is 0 Å². The number of nitrogens with zero attached hydrogens (tertiary/aromatic N) is 3. The monoisotopic (exact) mass is 465 g/mol. The third-order valence-corrected chi connectivity index (χ3v) is 6.38. The summed E-state index contributed by atoms with van der Waals surface area (Å²) >= 11 is 3.39.